The molecule has 0 saturated carbocycles. The Balaban J connectivity index is 2.44. The standard InChI is InChI=1S/C13H17F2N3O2/c1-13(2,3)18-11(19)7-16-12(20)17-8-4-5-9(14)10(15)6-8/h4-6H,7H2,1-3H3,(H,18,19)(H2,16,17,20). The second kappa shape index (κ2) is 6.31. The lowest BCUT2D eigenvalue weighted by atomic mass is 10.1. The van der Waals surface area contributed by atoms with Crippen molar-refractivity contribution in [3.63, 3.8) is 0 Å². The van der Waals surface area contributed by atoms with Crippen molar-refractivity contribution in [1.29, 1.82) is 0 Å². The molecule has 0 aliphatic rings. The van der Waals surface area contributed by atoms with Crippen molar-refractivity contribution in [1.82, 2.24) is 10.6 Å². The topological polar surface area (TPSA) is 70.2 Å². The van der Waals surface area contributed by atoms with Gasteiger partial charge in [-0.05, 0) is 32.9 Å². The van der Waals surface area contributed by atoms with Crippen LogP contribution in [0.3, 0.4) is 0 Å². The number of amides is 3. The normalized spacial score (nSPS) is 10.8. The number of carbonyl (C=O) groups is 2. The summed E-state index contributed by atoms with van der Waals surface area (Å²) in [4.78, 5) is 22.9. The summed E-state index contributed by atoms with van der Waals surface area (Å²) in [5.41, 5.74) is -0.298. The summed E-state index contributed by atoms with van der Waals surface area (Å²) in [6.45, 7) is 5.22. The third kappa shape index (κ3) is 5.64. The molecular formula is C13H17F2N3O2. The monoisotopic (exact) mass is 285 g/mol. The molecule has 0 saturated heterocycles. The number of hydrogen-bond acceptors (Lipinski definition) is 2. The van der Waals surface area contributed by atoms with Crippen LogP contribution >= 0.6 is 0 Å². The molecule has 0 spiro atoms. The maximum absolute atomic E-state index is 12.9. The second-order valence-electron chi connectivity index (χ2n) is 5.23. The maximum atomic E-state index is 12.9. The molecule has 5 nitrogen and oxygen atoms in total. The quantitative estimate of drug-likeness (QED) is 0.795. The van der Waals surface area contributed by atoms with Crippen LogP contribution in [0.15, 0.2) is 18.2 Å². The average Bonchev–Trinajstić information content (AvgIpc) is 2.29. The van der Waals surface area contributed by atoms with Gasteiger partial charge in [0.05, 0.1) is 6.54 Å². The zero-order chi connectivity index (χ0) is 15.3. The molecule has 0 aliphatic carbocycles. The van der Waals surface area contributed by atoms with E-state index in [0.29, 0.717) is 0 Å². The lowest BCUT2D eigenvalue weighted by molar-refractivity contribution is -0.121. The Hall–Kier alpha value is -2.18. The van der Waals surface area contributed by atoms with Crippen molar-refractivity contribution in [3.05, 3.63) is 29.8 Å². The minimum atomic E-state index is -1.06. The highest BCUT2D eigenvalue weighted by Gasteiger charge is 2.14. The summed E-state index contributed by atoms with van der Waals surface area (Å²) in [6.07, 6.45) is 0. The molecule has 7 heteroatoms. The Morgan fingerprint density at radius 2 is 1.80 bits per heavy atom. The van der Waals surface area contributed by atoms with E-state index in [2.05, 4.69) is 16.0 Å². The van der Waals surface area contributed by atoms with Gasteiger partial charge in [-0.3, -0.25) is 4.79 Å². The van der Waals surface area contributed by atoms with Crippen LogP contribution in [0, 0.1) is 11.6 Å². The van der Waals surface area contributed by atoms with Crippen LogP contribution in [0.4, 0.5) is 19.3 Å². The van der Waals surface area contributed by atoms with Crippen LogP contribution in [-0.2, 0) is 4.79 Å². The number of carbonyl (C=O) groups excluding carboxylic acids is 2. The molecule has 0 fully saturated rings. The molecule has 1 aromatic rings. The van der Waals surface area contributed by atoms with Gasteiger partial charge in [-0.25, -0.2) is 13.6 Å². The minimum Gasteiger partial charge on any atom is -0.350 e. The third-order valence-electron chi connectivity index (χ3n) is 2.10. The molecule has 0 heterocycles. The summed E-state index contributed by atoms with van der Waals surface area (Å²) >= 11 is 0. The van der Waals surface area contributed by atoms with Gasteiger partial charge >= 0.3 is 6.03 Å². The molecule has 1 rings (SSSR count). The zero-order valence-corrected chi connectivity index (χ0v) is 11.5. The number of anilines is 1. The summed E-state index contributed by atoms with van der Waals surface area (Å²) in [5.74, 6) is -2.41. The number of hydrogen-bond donors (Lipinski definition) is 3. The third-order valence-corrected chi connectivity index (χ3v) is 2.10. The van der Waals surface area contributed by atoms with Crippen LogP contribution in [0.2, 0.25) is 0 Å². The largest absolute Gasteiger partial charge is 0.350 e. The predicted octanol–water partition coefficient (Wildman–Crippen LogP) is 2.00. The lowest BCUT2D eigenvalue weighted by Crippen LogP contribution is -2.46. The average molecular weight is 285 g/mol. The lowest BCUT2D eigenvalue weighted by Gasteiger charge is -2.20. The summed E-state index contributed by atoms with van der Waals surface area (Å²) in [7, 11) is 0. The summed E-state index contributed by atoms with van der Waals surface area (Å²) < 4.78 is 25.6. The second-order valence-corrected chi connectivity index (χ2v) is 5.23. The van der Waals surface area contributed by atoms with E-state index in [1.807, 2.05) is 20.8 Å². The highest BCUT2D eigenvalue weighted by atomic mass is 19.2. The zero-order valence-electron chi connectivity index (χ0n) is 11.5. The predicted molar refractivity (Wildman–Crippen MR) is 71.3 cm³/mol. The van der Waals surface area contributed by atoms with Crippen LogP contribution in [0.5, 0.6) is 0 Å². The van der Waals surface area contributed by atoms with Crippen LogP contribution in [-0.4, -0.2) is 24.0 Å². The van der Waals surface area contributed by atoms with Gasteiger partial charge in [0.2, 0.25) is 5.91 Å². The summed E-state index contributed by atoms with van der Waals surface area (Å²) in [6, 6.07) is 2.29. The molecule has 0 atom stereocenters. The van der Waals surface area contributed by atoms with Gasteiger partial charge in [-0.1, -0.05) is 0 Å². The van der Waals surface area contributed by atoms with Gasteiger partial charge in [0.15, 0.2) is 11.6 Å². The molecule has 3 N–H and O–H groups in total. The van der Waals surface area contributed by atoms with Crippen molar-refractivity contribution in [2.75, 3.05) is 11.9 Å². The Morgan fingerprint density at radius 1 is 1.15 bits per heavy atom. The fourth-order valence-electron chi connectivity index (χ4n) is 1.37. The number of rotatable bonds is 3. The molecule has 1 aromatic carbocycles. The van der Waals surface area contributed by atoms with E-state index in [0.717, 1.165) is 12.1 Å². The molecule has 0 radical (unpaired) electrons. The number of halogens is 2. The first-order valence-electron chi connectivity index (χ1n) is 5.98. The van der Waals surface area contributed by atoms with Gasteiger partial charge < -0.3 is 16.0 Å². The first-order valence-corrected chi connectivity index (χ1v) is 5.98. The van der Waals surface area contributed by atoms with E-state index < -0.39 is 23.2 Å². The number of benzene rings is 1. The SMILES string of the molecule is CC(C)(C)NC(=O)CNC(=O)Nc1ccc(F)c(F)c1. The van der Waals surface area contributed by atoms with Crippen molar-refractivity contribution in [2.24, 2.45) is 0 Å². The Labute approximate surface area is 115 Å². The van der Waals surface area contributed by atoms with E-state index >= 15 is 0 Å². The summed E-state index contributed by atoms with van der Waals surface area (Å²) in [5, 5.41) is 7.26. The fraction of sp³-hybridized carbons (Fsp3) is 0.385. The van der Waals surface area contributed by atoms with Gasteiger partial charge in [0.25, 0.3) is 0 Å². The van der Waals surface area contributed by atoms with Crippen molar-refractivity contribution < 1.29 is 18.4 Å². The Bertz CT molecular complexity index is 513. The highest BCUT2D eigenvalue weighted by Crippen LogP contribution is 2.12. The molecule has 0 aromatic heterocycles. The molecule has 3 amide bonds. The minimum absolute atomic E-state index is 0.0950. The molecule has 20 heavy (non-hydrogen) atoms. The van der Waals surface area contributed by atoms with Gasteiger partial charge in [-0.15, -0.1) is 0 Å². The van der Waals surface area contributed by atoms with Crippen LogP contribution in [0.1, 0.15) is 20.8 Å². The van der Waals surface area contributed by atoms with E-state index in [9.17, 15) is 18.4 Å². The molecule has 0 bridgehead atoms. The van der Waals surface area contributed by atoms with Gasteiger partial charge in [-0.2, -0.15) is 0 Å². The maximum Gasteiger partial charge on any atom is 0.319 e. The first-order chi connectivity index (χ1) is 9.17. The van der Waals surface area contributed by atoms with E-state index in [1.54, 1.807) is 0 Å². The first kappa shape index (κ1) is 15.9. The van der Waals surface area contributed by atoms with Crippen molar-refractivity contribution >= 4 is 17.6 Å². The molecule has 0 aliphatic heterocycles. The Morgan fingerprint density at radius 3 is 2.35 bits per heavy atom. The van der Waals surface area contributed by atoms with Crippen molar-refractivity contribution in [2.45, 2.75) is 26.3 Å². The number of urea groups is 1. The van der Waals surface area contributed by atoms with E-state index in [-0.39, 0.29) is 18.1 Å². The van der Waals surface area contributed by atoms with Crippen molar-refractivity contribution in [3.8, 4) is 0 Å². The smallest absolute Gasteiger partial charge is 0.319 e. The van der Waals surface area contributed by atoms with Crippen LogP contribution in [0.25, 0.3) is 0 Å². The molecular weight excluding hydrogens is 268 g/mol. The Kier molecular flexibility index (Phi) is 5.01. The molecule has 0 unspecified atom stereocenters. The van der Waals surface area contributed by atoms with Gasteiger partial charge in [0, 0.05) is 17.3 Å². The van der Waals surface area contributed by atoms with Gasteiger partial charge in [0.1, 0.15) is 0 Å². The fourth-order valence-corrected chi connectivity index (χ4v) is 1.37. The van der Waals surface area contributed by atoms with Crippen LogP contribution < -0.4 is 16.0 Å². The molecule has 110 valence electrons. The van der Waals surface area contributed by atoms with E-state index in [4.69, 9.17) is 0 Å². The highest BCUT2D eigenvalue weighted by molar-refractivity contribution is 5.92. The number of nitrogens with one attached hydrogen (secondary N) is 3. The van der Waals surface area contributed by atoms with E-state index in [1.165, 1.54) is 6.07 Å².